The van der Waals surface area contributed by atoms with Crippen LogP contribution in [0.25, 0.3) is 10.4 Å². The maximum Gasteiger partial charge on any atom is 0.316 e. The summed E-state index contributed by atoms with van der Waals surface area (Å²) >= 11 is 1.34. The minimum atomic E-state index is -0.671. The summed E-state index contributed by atoms with van der Waals surface area (Å²) in [6, 6.07) is 10.8. The predicted octanol–water partition coefficient (Wildman–Crippen LogP) is 3.11. The molecule has 0 fully saturated rings. The zero-order valence-corrected chi connectivity index (χ0v) is 10.6. The first-order valence-corrected chi connectivity index (χ1v) is 6.16. The van der Waals surface area contributed by atoms with Gasteiger partial charge in [0.2, 0.25) is 0 Å². The Morgan fingerprint density at radius 3 is 2.44 bits per heavy atom. The smallest absolute Gasteiger partial charge is 0.316 e. The van der Waals surface area contributed by atoms with Gasteiger partial charge < -0.3 is 11.1 Å². The second-order valence-electron chi connectivity index (χ2n) is 3.76. The molecule has 2 aromatic rings. The van der Waals surface area contributed by atoms with Crippen molar-refractivity contribution in [2.75, 3.05) is 5.32 Å². The van der Waals surface area contributed by atoms with Gasteiger partial charge in [0, 0.05) is 11.8 Å². The summed E-state index contributed by atoms with van der Waals surface area (Å²) in [5.74, 6) is -0.0917. The number of rotatable bonds is 3. The van der Waals surface area contributed by atoms with Crippen molar-refractivity contribution in [1.29, 1.82) is 0 Å². The number of hydrogen-bond donors (Lipinski definition) is 2. The third-order valence-corrected chi connectivity index (χ3v) is 3.65. The molecule has 0 atom stereocenters. The summed E-state index contributed by atoms with van der Waals surface area (Å²) in [6.45, 7) is 1.47. The molecule has 2 amide bonds. The van der Waals surface area contributed by atoms with E-state index >= 15 is 0 Å². The van der Waals surface area contributed by atoms with E-state index in [2.05, 4.69) is 5.32 Å². The van der Waals surface area contributed by atoms with E-state index < -0.39 is 6.03 Å². The van der Waals surface area contributed by atoms with Gasteiger partial charge in [0.15, 0.2) is 5.78 Å². The van der Waals surface area contributed by atoms with Gasteiger partial charge in [-0.2, -0.15) is 0 Å². The molecule has 92 valence electrons. The lowest BCUT2D eigenvalue weighted by Crippen LogP contribution is -2.19. The quantitative estimate of drug-likeness (QED) is 0.832. The van der Waals surface area contributed by atoms with Gasteiger partial charge in [-0.1, -0.05) is 30.3 Å². The first-order valence-electron chi connectivity index (χ1n) is 5.34. The van der Waals surface area contributed by atoms with Crippen LogP contribution in [0, 0.1) is 0 Å². The Hall–Kier alpha value is -2.14. The molecule has 0 bridgehead atoms. The third-order valence-electron chi connectivity index (χ3n) is 2.37. The van der Waals surface area contributed by atoms with Crippen molar-refractivity contribution in [3.05, 3.63) is 41.3 Å². The number of nitrogens with two attached hydrogens (primary N) is 1. The van der Waals surface area contributed by atoms with Crippen LogP contribution in [0.4, 0.5) is 10.5 Å². The molecule has 0 saturated heterocycles. The molecule has 3 N–H and O–H groups in total. The number of urea groups is 1. The summed E-state index contributed by atoms with van der Waals surface area (Å²) in [5, 5.41) is 2.47. The molecule has 0 aliphatic carbocycles. The van der Waals surface area contributed by atoms with E-state index in [0.29, 0.717) is 10.6 Å². The normalized spacial score (nSPS) is 10.1. The molecule has 4 nitrogen and oxygen atoms in total. The number of hydrogen-bond acceptors (Lipinski definition) is 3. The van der Waals surface area contributed by atoms with E-state index in [-0.39, 0.29) is 5.78 Å². The molecule has 0 spiro atoms. The summed E-state index contributed by atoms with van der Waals surface area (Å²) in [7, 11) is 0. The van der Waals surface area contributed by atoms with E-state index in [1.807, 2.05) is 30.3 Å². The molecule has 1 heterocycles. The minimum absolute atomic E-state index is 0.0917. The molecular weight excluding hydrogens is 248 g/mol. The van der Waals surface area contributed by atoms with Crippen molar-refractivity contribution < 1.29 is 9.59 Å². The number of thiophene rings is 1. The number of Topliss-reactive ketones (excluding diaryl/α,β-unsaturated/α-hetero) is 1. The molecule has 0 radical (unpaired) electrons. The van der Waals surface area contributed by atoms with Gasteiger partial charge in [-0.05, 0) is 11.6 Å². The second-order valence-corrected chi connectivity index (χ2v) is 4.82. The van der Waals surface area contributed by atoms with Gasteiger partial charge in [0.25, 0.3) is 0 Å². The molecule has 18 heavy (non-hydrogen) atoms. The lowest BCUT2D eigenvalue weighted by Gasteiger charge is -1.99. The standard InChI is InChI=1S/C13H12N2O2S/c1-8(16)12-10(15-13(14)17)7-11(18-12)9-5-3-2-4-6-9/h2-7H,1H3,(H3,14,15,17). The van der Waals surface area contributed by atoms with Gasteiger partial charge in [0.05, 0.1) is 10.6 Å². The number of benzene rings is 1. The van der Waals surface area contributed by atoms with Crippen LogP contribution in [0.5, 0.6) is 0 Å². The van der Waals surface area contributed by atoms with Gasteiger partial charge in [-0.15, -0.1) is 11.3 Å². The van der Waals surface area contributed by atoms with E-state index in [4.69, 9.17) is 5.73 Å². The van der Waals surface area contributed by atoms with E-state index in [1.165, 1.54) is 18.3 Å². The van der Waals surface area contributed by atoms with E-state index in [1.54, 1.807) is 6.07 Å². The Balaban J connectivity index is 2.45. The number of amides is 2. The van der Waals surface area contributed by atoms with Gasteiger partial charge >= 0.3 is 6.03 Å². The highest BCUT2D eigenvalue weighted by molar-refractivity contribution is 7.18. The Morgan fingerprint density at radius 1 is 1.22 bits per heavy atom. The van der Waals surface area contributed by atoms with Crippen LogP contribution < -0.4 is 11.1 Å². The second kappa shape index (κ2) is 5.01. The Morgan fingerprint density at radius 2 is 1.89 bits per heavy atom. The lowest BCUT2D eigenvalue weighted by atomic mass is 10.2. The largest absolute Gasteiger partial charge is 0.351 e. The van der Waals surface area contributed by atoms with Crippen LogP contribution in [0.3, 0.4) is 0 Å². The summed E-state index contributed by atoms with van der Waals surface area (Å²) in [4.78, 5) is 23.8. The van der Waals surface area contributed by atoms with E-state index in [9.17, 15) is 9.59 Å². The highest BCUT2D eigenvalue weighted by Gasteiger charge is 2.14. The Kier molecular flexibility index (Phi) is 3.43. The lowest BCUT2D eigenvalue weighted by molar-refractivity contribution is 0.102. The number of carbonyl (C=O) groups excluding carboxylic acids is 2. The molecule has 0 aliphatic rings. The van der Waals surface area contributed by atoms with Crippen LogP contribution in [0.1, 0.15) is 16.6 Å². The molecule has 2 rings (SSSR count). The van der Waals surface area contributed by atoms with Crippen LogP contribution >= 0.6 is 11.3 Å². The number of nitrogens with one attached hydrogen (secondary N) is 1. The van der Waals surface area contributed by atoms with Crippen molar-refractivity contribution in [1.82, 2.24) is 0 Å². The van der Waals surface area contributed by atoms with Crippen molar-refractivity contribution >= 4 is 28.8 Å². The topological polar surface area (TPSA) is 72.2 Å². The minimum Gasteiger partial charge on any atom is -0.351 e. The summed E-state index contributed by atoms with van der Waals surface area (Å²) in [5.41, 5.74) is 6.56. The first kappa shape index (κ1) is 12.3. The van der Waals surface area contributed by atoms with Crippen molar-refractivity contribution in [3.63, 3.8) is 0 Å². The molecule has 1 aromatic carbocycles. The van der Waals surface area contributed by atoms with Gasteiger partial charge in [0.1, 0.15) is 0 Å². The summed E-state index contributed by atoms with van der Waals surface area (Å²) in [6.07, 6.45) is 0. The fourth-order valence-electron chi connectivity index (χ4n) is 1.62. The highest BCUT2D eigenvalue weighted by Crippen LogP contribution is 2.34. The maximum absolute atomic E-state index is 11.5. The first-order chi connectivity index (χ1) is 8.58. The summed E-state index contributed by atoms with van der Waals surface area (Å²) < 4.78 is 0. The molecule has 5 heteroatoms. The van der Waals surface area contributed by atoms with Gasteiger partial charge in [-0.3, -0.25) is 4.79 Å². The number of anilines is 1. The Bertz CT molecular complexity index is 590. The number of ketones is 1. The fourth-order valence-corrected chi connectivity index (χ4v) is 2.64. The maximum atomic E-state index is 11.5. The Labute approximate surface area is 108 Å². The molecule has 0 saturated carbocycles. The van der Waals surface area contributed by atoms with Crippen LogP contribution in [0.2, 0.25) is 0 Å². The fraction of sp³-hybridized carbons (Fsp3) is 0.0769. The van der Waals surface area contributed by atoms with Crippen LogP contribution in [-0.2, 0) is 0 Å². The number of primary amides is 1. The van der Waals surface area contributed by atoms with E-state index in [0.717, 1.165) is 10.4 Å². The molecular formula is C13H12N2O2S. The van der Waals surface area contributed by atoms with Crippen LogP contribution in [-0.4, -0.2) is 11.8 Å². The monoisotopic (exact) mass is 260 g/mol. The SMILES string of the molecule is CC(=O)c1sc(-c2ccccc2)cc1NC(N)=O. The molecule has 1 aromatic heterocycles. The zero-order chi connectivity index (χ0) is 13.1. The van der Waals surface area contributed by atoms with Crippen molar-refractivity contribution in [2.45, 2.75) is 6.92 Å². The number of carbonyl (C=O) groups is 2. The van der Waals surface area contributed by atoms with Crippen LogP contribution in [0.15, 0.2) is 36.4 Å². The average molecular weight is 260 g/mol. The predicted molar refractivity (Wildman–Crippen MR) is 73.0 cm³/mol. The third kappa shape index (κ3) is 2.57. The zero-order valence-electron chi connectivity index (χ0n) is 9.77. The molecule has 0 unspecified atom stereocenters. The van der Waals surface area contributed by atoms with Gasteiger partial charge in [-0.25, -0.2) is 4.79 Å². The highest BCUT2D eigenvalue weighted by atomic mass is 32.1. The molecule has 0 aliphatic heterocycles. The van der Waals surface area contributed by atoms with Crippen molar-refractivity contribution in [3.8, 4) is 10.4 Å². The van der Waals surface area contributed by atoms with Crippen molar-refractivity contribution in [2.24, 2.45) is 5.73 Å². The average Bonchev–Trinajstić information content (AvgIpc) is 2.73.